The number of imidazole rings is 1. The van der Waals surface area contributed by atoms with Crippen molar-refractivity contribution in [2.45, 2.75) is 25.9 Å². The van der Waals surface area contributed by atoms with Crippen LogP contribution in [0.25, 0.3) is 0 Å². The van der Waals surface area contributed by atoms with E-state index >= 15 is 0 Å². The van der Waals surface area contributed by atoms with Gasteiger partial charge in [0.25, 0.3) is 5.91 Å². The van der Waals surface area contributed by atoms with E-state index in [1.807, 2.05) is 0 Å². The Morgan fingerprint density at radius 2 is 2.24 bits per heavy atom. The first kappa shape index (κ1) is 13.2. The summed E-state index contributed by atoms with van der Waals surface area (Å²) in [5, 5.41) is 11.3. The Balaban J connectivity index is 2.73. The molecular weight excluding hydrogens is 224 g/mol. The number of amides is 1. The van der Waals surface area contributed by atoms with Crippen molar-refractivity contribution in [3.8, 4) is 0 Å². The second kappa shape index (κ2) is 4.96. The molecule has 94 valence electrons. The minimum Gasteiger partial charge on any atom is -0.480 e. The Morgan fingerprint density at radius 1 is 1.59 bits per heavy atom. The van der Waals surface area contributed by atoms with Gasteiger partial charge in [-0.05, 0) is 13.8 Å². The van der Waals surface area contributed by atoms with Gasteiger partial charge in [-0.3, -0.25) is 4.79 Å². The van der Waals surface area contributed by atoms with Crippen molar-refractivity contribution in [2.75, 3.05) is 6.54 Å². The van der Waals surface area contributed by atoms with Gasteiger partial charge in [-0.1, -0.05) is 0 Å². The monoisotopic (exact) mass is 240 g/mol. The van der Waals surface area contributed by atoms with E-state index in [0.29, 0.717) is 13.1 Å². The molecule has 0 saturated heterocycles. The highest BCUT2D eigenvalue weighted by Gasteiger charge is 2.29. The van der Waals surface area contributed by atoms with Crippen LogP contribution in [0.1, 0.15) is 24.3 Å². The minimum absolute atomic E-state index is 0.174. The number of carbonyl (C=O) groups is 2. The van der Waals surface area contributed by atoms with Gasteiger partial charge in [-0.15, -0.1) is 0 Å². The zero-order chi connectivity index (χ0) is 13.1. The van der Waals surface area contributed by atoms with Crippen LogP contribution in [0.5, 0.6) is 0 Å². The average Bonchev–Trinajstić information content (AvgIpc) is 2.66. The quantitative estimate of drug-likeness (QED) is 0.638. The van der Waals surface area contributed by atoms with Gasteiger partial charge in [-0.2, -0.15) is 0 Å². The molecule has 0 saturated carbocycles. The normalized spacial score (nSPS) is 11.2. The van der Waals surface area contributed by atoms with Crippen molar-refractivity contribution in [2.24, 2.45) is 5.73 Å². The smallest absolute Gasteiger partial charge is 0.328 e. The summed E-state index contributed by atoms with van der Waals surface area (Å²) >= 11 is 0. The number of carboxylic acid groups (broad SMARTS) is 1. The lowest BCUT2D eigenvalue weighted by Crippen LogP contribution is -2.49. The van der Waals surface area contributed by atoms with E-state index in [4.69, 9.17) is 10.8 Å². The number of hydrogen-bond acceptors (Lipinski definition) is 4. The first-order chi connectivity index (χ1) is 7.86. The zero-order valence-electron chi connectivity index (χ0n) is 9.80. The Bertz CT molecular complexity index is 425. The van der Waals surface area contributed by atoms with E-state index in [1.165, 1.54) is 26.4 Å². The summed E-state index contributed by atoms with van der Waals surface area (Å²) in [5.41, 5.74) is 4.21. The number of nitrogens with one attached hydrogen (secondary N) is 1. The van der Waals surface area contributed by atoms with Gasteiger partial charge in [-0.25, -0.2) is 9.78 Å². The molecule has 0 aliphatic carbocycles. The highest BCUT2D eigenvalue weighted by Crippen LogP contribution is 2.04. The zero-order valence-corrected chi connectivity index (χ0v) is 9.80. The number of hydrogen-bond donors (Lipinski definition) is 3. The maximum Gasteiger partial charge on any atom is 0.328 e. The molecule has 0 unspecified atom stereocenters. The Kier molecular flexibility index (Phi) is 3.84. The molecule has 0 aromatic carbocycles. The number of aliphatic carboxylic acids is 1. The molecule has 1 amide bonds. The third kappa shape index (κ3) is 3.28. The fourth-order valence-corrected chi connectivity index (χ4v) is 1.15. The standard InChI is InChI=1S/C10H16N4O3/c1-10(2,9(16)17)13-8(15)7-5-14(4-3-11)6-12-7/h5-6H,3-4,11H2,1-2H3,(H,13,15)(H,16,17). The predicted molar refractivity (Wildman–Crippen MR) is 60.5 cm³/mol. The Morgan fingerprint density at radius 3 is 2.76 bits per heavy atom. The number of aromatic nitrogens is 2. The summed E-state index contributed by atoms with van der Waals surface area (Å²) < 4.78 is 1.67. The van der Waals surface area contributed by atoms with E-state index in [1.54, 1.807) is 4.57 Å². The van der Waals surface area contributed by atoms with Crippen LogP contribution >= 0.6 is 0 Å². The first-order valence-electron chi connectivity index (χ1n) is 5.14. The lowest BCUT2D eigenvalue weighted by molar-refractivity contribution is -0.143. The molecule has 1 heterocycles. The summed E-state index contributed by atoms with van der Waals surface area (Å²) in [6, 6.07) is 0. The van der Waals surface area contributed by atoms with Crippen LogP contribution in [0.4, 0.5) is 0 Å². The minimum atomic E-state index is -1.32. The van der Waals surface area contributed by atoms with Gasteiger partial charge in [0.05, 0.1) is 6.33 Å². The van der Waals surface area contributed by atoms with Gasteiger partial charge in [0.1, 0.15) is 11.2 Å². The van der Waals surface area contributed by atoms with Crippen molar-refractivity contribution < 1.29 is 14.7 Å². The van der Waals surface area contributed by atoms with Gasteiger partial charge in [0.15, 0.2) is 0 Å². The molecule has 0 bridgehead atoms. The summed E-state index contributed by atoms with van der Waals surface area (Å²) in [6.45, 7) is 3.81. The highest BCUT2D eigenvalue weighted by atomic mass is 16.4. The number of nitrogens with zero attached hydrogens (tertiary/aromatic N) is 2. The van der Waals surface area contributed by atoms with Crippen LogP contribution in [0.15, 0.2) is 12.5 Å². The van der Waals surface area contributed by atoms with E-state index < -0.39 is 17.4 Å². The largest absolute Gasteiger partial charge is 0.480 e. The van der Waals surface area contributed by atoms with Crippen LogP contribution in [-0.2, 0) is 11.3 Å². The number of carboxylic acids is 1. The second-order valence-corrected chi connectivity index (χ2v) is 4.17. The molecule has 0 radical (unpaired) electrons. The van der Waals surface area contributed by atoms with Crippen LogP contribution in [0.3, 0.4) is 0 Å². The molecular formula is C10H16N4O3. The van der Waals surface area contributed by atoms with Gasteiger partial charge in [0.2, 0.25) is 0 Å². The lowest BCUT2D eigenvalue weighted by atomic mass is 10.1. The highest BCUT2D eigenvalue weighted by molar-refractivity contribution is 5.95. The molecule has 7 nitrogen and oxygen atoms in total. The second-order valence-electron chi connectivity index (χ2n) is 4.17. The van der Waals surface area contributed by atoms with Crippen LogP contribution in [0.2, 0.25) is 0 Å². The van der Waals surface area contributed by atoms with Gasteiger partial charge >= 0.3 is 5.97 Å². The Labute approximate surface area is 98.6 Å². The maximum atomic E-state index is 11.7. The van der Waals surface area contributed by atoms with Crippen molar-refractivity contribution in [1.29, 1.82) is 0 Å². The molecule has 0 atom stereocenters. The van der Waals surface area contributed by atoms with Crippen molar-refractivity contribution in [1.82, 2.24) is 14.9 Å². The maximum absolute atomic E-state index is 11.7. The van der Waals surface area contributed by atoms with Gasteiger partial charge < -0.3 is 20.7 Å². The number of nitrogens with two attached hydrogens (primary N) is 1. The van der Waals surface area contributed by atoms with Crippen molar-refractivity contribution >= 4 is 11.9 Å². The molecule has 0 aliphatic heterocycles. The third-order valence-corrected chi connectivity index (χ3v) is 2.21. The Hall–Kier alpha value is -1.89. The lowest BCUT2D eigenvalue weighted by Gasteiger charge is -2.20. The molecule has 17 heavy (non-hydrogen) atoms. The van der Waals surface area contributed by atoms with Crippen molar-refractivity contribution in [3.05, 3.63) is 18.2 Å². The summed E-state index contributed by atoms with van der Waals surface area (Å²) in [6.07, 6.45) is 3.01. The van der Waals surface area contributed by atoms with Gasteiger partial charge in [0, 0.05) is 19.3 Å². The molecule has 1 aromatic rings. The molecule has 4 N–H and O–H groups in total. The van der Waals surface area contributed by atoms with E-state index in [2.05, 4.69) is 10.3 Å². The van der Waals surface area contributed by atoms with E-state index in [-0.39, 0.29) is 5.69 Å². The van der Waals surface area contributed by atoms with Crippen LogP contribution in [-0.4, -0.2) is 38.6 Å². The fourth-order valence-electron chi connectivity index (χ4n) is 1.15. The summed E-state index contributed by atoms with van der Waals surface area (Å²) in [4.78, 5) is 26.4. The van der Waals surface area contributed by atoms with Crippen molar-refractivity contribution in [3.63, 3.8) is 0 Å². The fraction of sp³-hybridized carbons (Fsp3) is 0.500. The molecule has 1 rings (SSSR count). The van der Waals surface area contributed by atoms with E-state index in [0.717, 1.165) is 0 Å². The van der Waals surface area contributed by atoms with Crippen LogP contribution < -0.4 is 11.1 Å². The number of rotatable bonds is 5. The number of carbonyl (C=O) groups excluding carboxylic acids is 1. The molecule has 1 aromatic heterocycles. The first-order valence-corrected chi connectivity index (χ1v) is 5.14. The molecule has 0 aliphatic rings. The van der Waals surface area contributed by atoms with E-state index in [9.17, 15) is 9.59 Å². The summed E-state index contributed by atoms with van der Waals surface area (Å²) in [5.74, 6) is -1.62. The SMILES string of the molecule is CC(C)(NC(=O)c1cn(CCN)cn1)C(=O)O. The predicted octanol–water partition coefficient (Wildman–Crippen LogP) is -0.565. The molecule has 0 fully saturated rings. The average molecular weight is 240 g/mol. The van der Waals surface area contributed by atoms with Crippen LogP contribution in [0, 0.1) is 0 Å². The summed E-state index contributed by atoms with van der Waals surface area (Å²) in [7, 11) is 0. The topological polar surface area (TPSA) is 110 Å². The third-order valence-electron chi connectivity index (χ3n) is 2.21. The molecule has 0 spiro atoms. The molecule has 7 heteroatoms.